The summed E-state index contributed by atoms with van der Waals surface area (Å²) in [6, 6.07) is 6.10. The van der Waals surface area contributed by atoms with Gasteiger partial charge in [0.2, 0.25) is 12.3 Å². The fourth-order valence-electron chi connectivity index (χ4n) is 3.97. The van der Waals surface area contributed by atoms with Gasteiger partial charge in [0.1, 0.15) is 0 Å². The fourth-order valence-corrected chi connectivity index (χ4v) is 3.97. The summed E-state index contributed by atoms with van der Waals surface area (Å²) in [4.78, 5) is 36.2. The third-order valence-electron chi connectivity index (χ3n) is 6.36. The Labute approximate surface area is 215 Å². The predicted octanol–water partition coefficient (Wildman–Crippen LogP) is 2.05. The summed E-state index contributed by atoms with van der Waals surface area (Å²) >= 11 is 0. The van der Waals surface area contributed by atoms with E-state index in [2.05, 4.69) is 29.3 Å². The SMILES string of the molecule is C=C1CC1(C)N.CC(CCC(=O)NC=O)N1Cc2cc([C-]3CCNCC3)ccc2C1=O.[Y]. The molecule has 0 spiro atoms. The molecule has 1 saturated carbocycles. The van der Waals surface area contributed by atoms with Gasteiger partial charge in [0.25, 0.3) is 5.91 Å². The minimum atomic E-state index is -0.310. The standard InChI is InChI=1S/C19H24N3O3.C5H9N.Y/c1-13(2-5-18(24)21-12-23)22-11-16-10-15(3-4-17(16)19(22)25)14-6-8-20-9-7-14;1-4-3-5(4,2)6;/h3-4,10,12-13,20H,2,5-9,11H2,1H3,(H,21,23,24);1,3,6H2,2H3;/q-1;;. The number of hydrogen-bond donors (Lipinski definition) is 3. The number of benzene rings is 1. The molecule has 1 saturated heterocycles. The van der Waals surface area contributed by atoms with Crippen molar-refractivity contribution >= 4 is 18.2 Å². The van der Waals surface area contributed by atoms with E-state index in [1.807, 2.05) is 24.8 Å². The molecule has 8 heteroatoms. The Bertz CT molecular complexity index is 865. The Balaban J connectivity index is 0.000000450. The molecule has 4 rings (SSSR count). The molecule has 4 N–H and O–H groups in total. The summed E-state index contributed by atoms with van der Waals surface area (Å²) in [5.41, 5.74) is 9.78. The molecule has 2 heterocycles. The first kappa shape index (κ1) is 26.7. The summed E-state index contributed by atoms with van der Waals surface area (Å²) in [7, 11) is 0. The van der Waals surface area contributed by atoms with E-state index >= 15 is 0 Å². The summed E-state index contributed by atoms with van der Waals surface area (Å²) in [6.07, 6.45) is 4.29. The van der Waals surface area contributed by atoms with Crippen LogP contribution in [0.1, 0.15) is 67.4 Å². The number of piperidine rings is 1. The first-order chi connectivity index (χ1) is 14.7. The van der Waals surface area contributed by atoms with Gasteiger partial charge in [0.05, 0.1) is 0 Å². The van der Waals surface area contributed by atoms with E-state index in [0.29, 0.717) is 19.4 Å². The molecule has 171 valence electrons. The molecule has 1 aliphatic carbocycles. The maximum atomic E-state index is 12.6. The minimum Gasteiger partial charge on any atom is -0.333 e. The molecule has 2 fully saturated rings. The molecule has 1 radical (unpaired) electrons. The van der Waals surface area contributed by atoms with E-state index < -0.39 is 0 Å². The van der Waals surface area contributed by atoms with Gasteiger partial charge in [-0.1, -0.05) is 30.6 Å². The number of hydrogen-bond acceptors (Lipinski definition) is 5. The number of nitrogens with two attached hydrogens (primary N) is 1. The second-order valence-electron chi connectivity index (χ2n) is 8.93. The van der Waals surface area contributed by atoms with Gasteiger partial charge in [0.15, 0.2) is 0 Å². The van der Waals surface area contributed by atoms with Crippen molar-refractivity contribution in [3.05, 3.63) is 53.0 Å². The average Bonchev–Trinajstić information content (AvgIpc) is 3.16. The van der Waals surface area contributed by atoms with Crippen molar-refractivity contribution in [2.24, 2.45) is 5.73 Å². The van der Waals surface area contributed by atoms with Gasteiger partial charge in [0, 0.05) is 62.8 Å². The second-order valence-corrected chi connectivity index (χ2v) is 8.93. The Morgan fingerprint density at radius 1 is 1.41 bits per heavy atom. The van der Waals surface area contributed by atoms with E-state index in [9.17, 15) is 14.4 Å². The third kappa shape index (κ3) is 6.73. The van der Waals surface area contributed by atoms with Crippen LogP contribution in [-0.4, -0.2) is 47.8 Å². The van der Waals surface area contributed by atoms with Gasteiger partial charge in [-0.3, -0.25) is 19.7 Å². The molecule has 3 aliphatic rings. The van der Waals surface area contributed by atoms with E-state index in [4.69, 9.17) is 5.73 Å². The van der Waals surface area contributed by atoms with Crippen LogP contribution in [0.15, 0.2) is 30.4 Å². The van der Waals surface area contributed by atoms with Crippen LogP contribution in [0.5, 0.6) is 0 Å². The van der Waals surface area contributed by atoms with Crippen LogP contribution in [-0.2, 0) is 48.8 Å². The molecule has 0 aromatic heterocycles. The molecule has 32 heavy (non-hydrogen) atoms. The molecule has 2 aliphatic heterocycles. The summed E-state index contributed by atoms with van der Waals surface area (Å²) < 4.78 is 0. The maximum Gasteiger partial charge on any atom is 0.252 e. The van der Waals surface area contributed by atoms with E-state index in [1.54, 1.807) is 0 Å². The number of amides is 3. The van der Waals surface area contributed by atoms with Crippen molar-refractivity contribution < 1.29 is 47.1 Å². The molecule has 2 unspecified atom stereocenters. The minimum absolute atomic E-state index is 0. The molecule has 7 nitrogen and oxygen atoms in total. The zero-order valence-electron chi connectivity index (χ0n) is 19.1. The van der Waals surface area contributed by atoms with Gasteiger partial charge < -0.3 is 16.0 Å². The van der Waals surface area contributed by atoms with Crippen LogP contribution in [0.2, 0.25) is 0 Å². The van der Waals surface area contributed by atoms with E-state index in [-0.39, 0.29) is 62.5 Å². The second kappa shape index (κ2) is 11.5. The van der Waals surface area contributed by atoms with Crippen LogP contribution in [0.3, 0.4) is 0 Å². The zero-order chi connectivity index (χ0) is 22.6. The number of carbonyl (C=O) groups excluding carboxylic acids is 3. The van der Waals surface area contributed by atoms with Gasteiger partial charge in [-0.05, 0) is 39.8 Å². The molecule has 1 aromatic rings. The molecule has 1 aromatic carbocycles. The predicted molar refractivity (Wildman–Crippen MR) is 120 cm³/mol. The largest absolute Gasteiger partial charge is 0.333 e. The van der Waals surface area contributed by atoms with Crippen LogP contribution in [0, 0.1) is 5.92 Å². The van der Waals surface area contributed by atoms with Crippen LogP contribution >= 0.6 is 0 Å². The van der Waals surface area contributed by atoms with Gasteiger partial charge in [-0.2, -0.15) is 23.6 Å². The quantitative estimate of drug-likeness (QED) is 0.306. The van der Waals surface area contributed by atoms with Crippen LogP contribution in [0.25, 0.3) is 0 Å². The zero-order valence-corrected chi connectivity index (χ0v) is 21.9. The molecule has 0 bridgehead atoms. The monoisotopic (exact) mass is 514 g/mol. The number of carbonyl (C=O) groups is 3. The number of rotatable bonds is 6. The Morgan fingerprint density at radius 2 is 2.03 bits per heavy atom. The Morgan fingerprint density at radius 3 is 2.59 bits per heavy atom. The van der Waals surface area contributed by atoms with Crippen molar-refractivity contribution in [1.29, 1.82) is 0 Å². The maximum absolute atomic E-state index is 12.6. The van der Waals surface area contributed by atoms with Crippen LogP contribution < -0.4 is 16.4 Å². The molecular weight excluding hydrogens is 481 g/mol. The molecule has 3 amide bonds. The third-order valence-corrected chi connectivity index (χ3v) is 6.36. The van der Waals surface area contributed by atoms with Gasteiger partial charge in [-0.15, -0.1) is 6.07 Å². The Hall–Kier alpha value is -1.54. The van der Waals surface area contributed by atoms with E-state index in [0.717, 1.165) is 43.5 Å². The number of imide groups is 1. The number of nitrogens with zero attached hydrogens (tertiary/aromatic N) is 1. The summed E-state index contributed by atoms with van der Waals surface area (Å²) in [5, 5.41) is 5.49. The van der Waals surface area contributed by atoms with Crippen molar-refractivity contribution in [2.75, 3.05) is 13.1 Å². The van der Waals surface area contributed by atoms with Crippen molar-refractivity contribution in [3.8, 4) is 0 Å². The smallest absolute Gasteiger partial charge is 0.252 e. The first-order valence-electron chi connectivity index (χ1n) is 10.9. The van der Waals surface area contributed by atoms with Crippen molar-refractivity contribution in [3.63, 3.8) is 0 Å². The van der Waals surface area contributed by atoms with Gasteiger partial charge in [-0.25, -0.2) is 0 Å². The Kier molecular flexibility index (Phi) is 9.64. The average molecular weight is 514 g/mol. The fraction of sp³-hybridized carbons (Fsp3) is 0.500. The van der Waals surface area contributed by atoms with Crippen molar-refractivity contribution in [2.45, 2.75) is 64.1 Å². The molecular formula is C24H33N4O3Y-. The normalized spacial score (nSPS) is 22.2. The summed E-state index contributed by atoms with van der Waals surface area (Å²) in [5.74, 6) is 1.17. The van der Waals surface area contributed by atoms with Crippen LogP contribution in [0.4, 0.5) is 0 Å². The van der Waals surface area contributed by atoms with Gasteiger partial charge >= 0.3 is 0 Å². The topological polar surface area (TPSA) is 105 Å². The number of nitrogens with one attached hydrogen (secondary N) is 2. The first-order valence-corrected chi connectivity index (χ1v) is 10.9. The van der Waals surface area contributed by atoms with Crippen molar-refractivity contribution in [1.82, 2.24) is 15.5 Å². The number of fused-ring (bicyclic) bond motifs is 1. The molecule has 2 atom stereocenters. The summed E-state index contributed by atoms with van der Waals surface area (Å²) in [6.45, 7) is 10.2. The van der Waals surface area contributed by atoms with E-state index in [1.165, 1.54) is 17.1 Å².